The Hall–Kier alpha value is -4.67. The molecule has 0 N–H and O–H groups in total. The zero-order valence-electron chi connectivity index (χ0n) is 27.5. The minimum absolute atomic E-state index is 0.158. The second kappa shape index (κ2) is 14.2. The monoisotopic (exact) mass is 725 g/mol. The average Bonchev–Trinajstić information content (AvgIpc) is 3.41. The quantitative estimate of drug-likeness (QED) is 0.162. The topological polar surface area (TPSA) is 82.4 Å². The Morgan fingerprint density at radius 2 is 1.67 bits per heavy atom. The van der Waals surface area contributed by atoms with Crippen LogP contribution in [-0.2, 0) is 11.4 Å². The van der Waals surface area contributed by atoms with Crippen molar-refractivity contribution in [2.45, 2.75) is 33.4 Å². The van der Waals surface area contributed by atoms with E-state index in [0.29, 0.717) is 57.5 Å². The number of carbonyl (C=O) groups is 1. The average molecular weight is 727 g/mol. The van der Waals surface area contributed by atoms with Gasteiger partial charge in [-0.05, 0) is 66.9 Å². The molecule has 5 aromatic rings. The second-order valence-corrected chi connectivity index (χ2v) is 13.1. The molecular weight excluding hydrogens is 690 g/mol. The Morgan fingerprint density at radius 3 is 2.38 bits per heavy atom. The highest BCUT2D eigenvalue weighted by molar-refractivity contribution is 9.10. The molecule has 1 aromatic heterocycles. The maximum atomic E-state index is 14.5. The zero-order valence-corrected chi connectivity index (χ0v) is 29.9. The van der Waals surface area contributed by atoms with Gasteiger partial charge in [0.2, 0.25) is 0 Å². The molecule has 4 aromatic carbocycles. The summed E-state index contributed by atoms with van der Waals surface area (Å²) in [5.41, 5.74) is 3.28. The van der Waals surface area contributed by atoms with Crippen molar-refractivity contribution in [3.8, 4) is 17.2 Å². The Kier molecular flexibility index (Phi) is 9.84. The van der Waals surface area contributed by atoms with Gasteiger partial charge in [0.25, 0.3) is 11.5 Å². The standard InChI is InChI=1S/C38H36BrN3O5S/c1-6-41(7-2)37(44)33-23(3)40-38-42(35(33)34-27-16-12-11-15-25(27)17-18-29(34)45-4)36(43)32(48-38)20-26-19-30(46-5)31(21-28(26)39)47-22-24-13-9-8-10-14-24/h8-21,35H,6-7,22H2,1-5H3/b32-20+/t35-/m0/s1. The van der Waals surface area contributed by atoms with Crippen LogP contribution in [0.4, 0.5) is 0 Å². The van der Waals surface area contributed by atoms with Crippen molar-refractivity contribution >= 4 is 50.0 Å². The molecule has 0 saturated carbocycles. The highest BCUT2D eigenvalue weighted by Gasteiger charge is 2.36. The third kappa shape index (κ3) is 6.18. The number of fused-ring (bicyclic) bond motifs is 2. The molecule has 0 bridgehead atoms. The summed E-state index contributed by atoms with van der Waals surface area (Å²) in [5, 5.41) is 1.87. The van der Waals surface area contributed by atoms with Crippen molar-refractivity contribution in [3.05, 3.63) is 131 Å². The molecule has 1 aliphatic rings. The first-order valence-corrected chi connectivity index (χ1v) is 17.3. The molecule has 0 radical (unpaired) electrons. The van der Waals surface area contributed by atoms with E-state index in [2.05, 4.69) is 15.9 Å². The normalized spacial score (nSPS) is 14.5. The number of halogens is 1. The second-order valence-electron chi connectivity index (χ2n) is 11.3. The van der Waals surface area contributed by atoms with E-state index < -0.39 is 6.04 Å². The first kappa shape index (κ1) is 33.2. The summed E-state index contributed by atoms with van der Waals surface area (Å²) in [6.07, 6.45) is 1.82. The van der Waals surface area contributed by atoms with E-state index in [-0.39, 0.29) is 11.5 Å². The van der Waals surface area contributed by atoms with Crippen molar-refractivity contribution in [3.63, 3.8) is 0 Å². The van der Waals surface area contributed by atoms with E-state index in [1.54, 1.807) is 23.7 Å². The summed E-state index contributed by atoms with van der Waals surface area (Å²) in [6.45, 7) is 7.17. The summed E-state index contributed by atoms with van der Waals surface area (Å²) < 4.78 is 20.5. The first-order valence-electron chi connectivity index (χ1n) is 15.7. The molecule has 1 aliphatic heterocycles. The number of aromatic nitrogens is 1. The number of ether oxygens (including phenoxy) is 3. The van der Waals surface area contributed by atoms with Crippen LogP contribution in [0.15, 0.2) is 104 Å². The van der Waals surface area contributed by atoms with Crippen molar-refractivity contribution in [1.29, 1.82) is 0 Å². The lowest BCUT2D eigenvalue weighted by molar-refractivity contribution is -0.127. The fourth-order valence-electron chi connectivity index (χ4n) is 6.10. The van der Waals surface area contributed by atoms with Crippen LogP contribution in [0.3, 0.4) is 0 Å². The predicted octanol–water partition coefficient (Wildman–Crippen LogP) is 6.62. The third-order valence-corrected chi connectivity index (χ3v) is 10.2. The minimum atomic E-state index is -0.760. The number of amides is 1. The molecule has 6 rings (SSSR count). The van der Waals surface area contributed by atoms with Crippen LogP contribution in [0.2, 0.25) is 0 Å². The number of allylic oxidation sites excluding steroid dienone is 1. The maximum Gasteiger partial charge on any atom is 0.271 e. The number of hydrogen-bond donors (Lipinski definition) is 0. The van der Waals surface area contributed by atoms with Gasteiger partial charge in [0, 0.05) is 23.1 Å². The maximum absolute atomic E-state index is 14.5. The first-order chi connectivity index (χ1) is 23.3. The summed E-state index contributed by atoms with van der Waals surface area (Å²) >= 11 is 4.97. The summed E-state index contributed by atoms with van der Waals surface area (Å²) in [6, 6.07) is 24.7. The molecule has 2 heterocycles. The fraction of sp³-hybridized carbons (Fsp3) is 0.237. The lowest BCUT2D eigenvalue weighted by Crippen LogP contribution is -2.43. The van der Waals surface area contributed by atoms with Gasteiger partial charge in [0.1, 0.15) is 18.4 Å². The van der Waals surface area contributed by atoms with Crippen molar-refractivity contribution in [1.82, 2.24) is 9.47 Å². The van der Waals surface area contributed by atoms with Crippen molar-refractivity contribution in [2.24, 2.45) is 4.99 Å². The lowest BCUT2D eigenvalue weighted by Gasteiger charge is -2.30. The van der Waals surface area contributed by atoms with E-state index in [9.17, 15) is 9.59 Å². The lowest BCUT2D eigenvalue weighted by atomic mass is 9.90. The molecule has 0 saturated heterocycles. The number of nitrogens with zero attached hydrogens (tertiary/aromatic N) is 3. The number of benzene rings is 4. The number of carbonyl (C=O) groups excluding carboxylic acids is 1. The summed E-state index contributed by atoms with van der Waals surface area (Å²) in [5.74, 6) is 1.54. The Balaban J connectivity index is 1.53. The van der Waals surface area contributed by atoms with Gasteiger partial charge >= 0.3 is 0 Å². The minimum Gasteiger partial charge on any atom is -0.496 e. The Morgan fingerprint density at radius 1 is 0.958 bits per heavy atom. The van der Waals surface area contributed by atoms with Crippen LogP contribution in [0, 0.1) is 0 Å². The van der Waals surface area contributed by atoms with E-state index in [1.807, 2.05) is 106 Å². The number of methoxy groups -OCH3 is 2. The van der Waals surface area contributed by atoms with Crippen molar-refractivity contribution < 1.29 is 19.0 Å². The van der Waals surface area contributed by atoms with E-state index in [0.717, 1.165) is 31.9 Å². The molecule has 1 amide bonds. The van der Waals surface area contributed by atoms with Crippen LogP contribution in [0.1, 0.15) is 43.5 Å². The van der Waals surface area contributed by atoms with Crippen LogP contribution in [0.25, 0.3) is 16.8 Å². The highest BCUT2D eigenvalue weighted by Crippen LogP contribution is 2.41. The molecule has 1 atom stereocenters. The van der Waals surface area contributed by atoms with E-state index >= 15 is 0 Å². The van der Waals surface area contributed by atoms with Gasteiger partial charge in [0.05, 0.1) is 30.0 Å². The van der Waals surface area contributed by atoms with Gasteiger partial charge in [-0.15, -0.1) is 0 Å². The number of thiazole rings is 1. The summed E-state index contributed by atoms with van der Waals surface area (Å²) in [4.78, 5) is 35.9. The Labute approximate surface area is 291 Å². The van der Waals surface area contributed by atoms with Crippen LogP contribution >= 0.6 is 27.3 Å². The molecule has 246 valence electrons. The van der Waals surface area contributed by atoms with Gasteiger partial charge in [-0.1, -0.05) is 87.9 Å². The molecule has 10 heteroatoms. The number of likely N-dealkylation sites (N-methyl/N-ethyl adjacent to an activating group) is 1. The van der Waals surface area contributed by atoms with E-state index in [1.165, 1.54) is 11.3 Å². The Bertz CT molecular complexity index is 2220. The molecule has 8 nitrogen and oxygen atoms in total. The van der Waals surface area contributed by atoms with Gasteiger partial charge in [-0.25, -0.2) is 4.99 Å². The molecule has 0 aliphatic carbocycles. The molecular formula is C38H36BrN3O5S. The number of hydrogen-bond acceptors (Lipinski definition) is 7. The molecule has 0 unspecified atom stereocenters. The largest absolute Gasteiger partial charge is 0.496 e. The van der Waals surface area contributed by atoms with Crippen LogP contribution in [-0.4, -0.2) is 42.7 Å². The fourth-order valence-corrected chi connectivity index (χ4v) is 7.57. The molecule has 0 spiro atoms. The highest BCUT2D eigenvalue weighted by atomic mass is 79.9. The SMILES string of the molecule is CCN(CC)C(=O)C1=C(C)N=c2s/c(=C/c3cc(OC)c(OCc4ccccc4)cc3Br)c(=O)n2[C@@H]1c1c(OC)ccc2ccccc12. The van der Waals surface area contributed by atoms with Gasteiger partial charge < -0.3 is 19.1 Å². The smallest absolute Gasteiger partial charge is 0.271 e. The zero-order chi connectivity index (χ0) is 33.9. The van der Waals surface area contributed by atoms with Gasteiger partial charge in [0.15, 0.2) is 16.3 Å². The number of rotatable bonds is 10. The molecule has 0 fully saturated rings. The predicted molar refractivity (Wildman–Crippen MR) is 194 cm³/mol. The van der Waals surface area contributed by atoms with Crippen molar-refractivity contribution in [2.75, 3.05) is 27.3 Å². The molecule has 48 heavy (non-hydrogen) atoms. The van der Waals surface area contributed by atoms with Crippen LogP contribution < -0.4 is 29.1 Å². The summed E-state index contributed by atoms with van der Waals surface area (Å²) in [7, 11) is 3.20. The van der Waals surface area contributed by atoms with Gasteiger partial charge in [-0.2, -0.15) is 0 Å². The third-order valence-electron chi connectivity index (χ3n) is 8.53. The van der Waals surface area contributed by atoms with Gasteiger partial charge in [-0.3, -0.25) is 14.2 Å². The van der Waals surface area contributed by atoms with E-state index in [4.69, 9.17) is 19.2 Å². The van der Waals surface area contributed by atoms with Crippen LogP contribution in [0.5, 0.6) is 17.2 Å².